The molecule has 0 aliphatic rings. The van der Waals surface area contributed by atoms with Gasteiger partial charge >= 0.3 is 0 Å². The molecule has 11 heavy (non-hydrogen) atoms. The number of aldehydes is 1. The van der Waals surface area contributed by atoms with Crippen LogP contribution >= 0.6 is 0 Å². The van der Waals surface area contributed by atoms with Gasteiger partial charge in [-0.05, 0) is 6.07 Å². The van der Waals surface area contributed by atoms with E-state index in [2.05, 4.69) is 10.2 Å². The highest BCUT2D eigenvalue weighted by Crippen LogP contribution is 2.02. The third-order valence-corrected chi connectivity index (χ3v) is 1.20. The predicted molar refractivity (Wildman–Crippen MR) is 38.4 cm³/mol. The molecule has 1 rings (SSSR count). The first kappa shape index (κ1) is 7.65. The van der Waals surface area contributed by atoms with E-state index >= 15 is 0 Å². The average Bonchev–Trinajstić information content (AvgIpc) is 2.07. The lowest BCUT2D eigenvalue weighted by atomic mass is 10.3. The Hall–Kier alpha value is -1.45. The summed E-state index contributed by atoms with van der Waals surface area (Å²) in [6, 6.07) is 3.38. The molecule has 58 valence electrons. The van der Waals surface area contributed by atoms with E-state index in [1.807, 2.05) is 0 Å². The molecule has 1 aromatic rings. The summed E-state index contributed by atoms with van der Waals surface area (Å²) in [5.41, 5.74) is 0.654. The van der Waals surface area contributed by atoms with E-state index in [1.54, 1.807) is 12.1 Å². The van der Waals surface area contributed by atoms with Crippen LogP contribution in [0.5, 0.6) is 5.88 Å². The van der Waals surface area contributed by atoms with Gasteiger partial charge in [-0.2, -0.15) is 5.10 Å². The zero-order chi connectivity index (χ0) is 8.10. The summed E-state index contributed by atoms with van der Waals surface area (Å²) >= 11 is 0. The largest absolute Gasteiger partial charge is 0.480 e. The monoisotopic (exact) mass is 152 g/mol. The molecule has 1 heterocycles. The van der Waals surface area contributed by atoms with Crippen molar-refractivity contribution in [1.29, 1.82) is 0 Å². The molecule has 0 atom stereocenters. The molecule has 1 aromatic heterocycles. The second kappa shape index (κ2) is 3.65. The molecule has 0 fully saturated rings. The van der Waals surface area contributed by atoms with Crippen LogP contribution in [0.25, 0.3) is 0 Å². The van der Waals surface area contributed by atoms with E-state index in [1.165, 1.54) is 7.11 Å². The zero-order valence-corrected chi connectivity index (χ0v) is 6.15. The molecule has 0 aliphatic heterocycles. The van der Waals surface area contributed by atoms with Crippen LogP contribution < -0.4 is 4.74 Å². The van der Waals surface area contributed by atoms with Crippen LogP contribution in [0.15, 0.2) is 12.1 Å². The van der Waals surface area contributed by atoms with Gasteiger partial charge in [-0.25, -0.2) is 0 Å². The van der Waals surface area contributed by atoms with Crippen molar-refractivity contribution in [2.45, 2.75) is 6.42 Å². The fourth-order valence-corrected chi connectivity index (χ4v) is 0.651. The van der Waals surface area contributed by atoms with Crippen molar-refractivity contribution in [2.24, 2.45) is 0 Å². The first-order valence-electron chi connectivity index (χ1n) is 3.17. The summed E-state index contributed by atoms with van der Waals surface area (Å²) in [5, 5.41) is 7.42. The molecular formula is C7H8N2O2. The van der Waals surface area contributed by atoms with Crippen molar-refractivity contribution in [2.75, 3.05) is 7.11 Å². The topological polar surface area (TPSA) is 52.1 Å². The average molecular weight is 152 g/mol. The fraction of sp³-hybridized carbons (Fsp3) is 0.286. The van der Waals surface area contributed by atoms with Gasteiger partial charge in [0.25, 0.3) is 0 Å². The van der Waals surface area contributed by atoms with Gasteiger partial charge in [-0.15, -0.1) is 5.10 Å². The van der Waals surface area contributed by atoms with Gasteiger partial charge in [-0.1, -0.05) is 0 Å². The van der Waals surface area contributed by atoms with Gasteiger partial charge in [0, 0.05) is 12.5 Å². The number of ether oxygens (including phenoxy) is 1. The number of carbonyl (C=O) groups is 1. The van der Waals surface area contributed by atoms with Crippen LogP contribution in [-0.4, -0.2) is 23.6 Å². The maximum atomic E-state index is 10.0. The van der Waals surface area contributed by atoms with Gasteiger partial charge in [0.1, 0.15) is 6.29 Å². The van der Waals surface area contributed by atoms with Crippen molar-refractivity contribution >= 4 is 6.29 Å². The first-order valence-corrected chi connectivity index (χ1v) is 3.17. The number of aromatic nitrogens is 2. The Morgan fingerprint density at radius 1 is 1.55 bits per heavy atom. The highest BCUT2D eigenvalue weighted by Gasteiger charge is 1.94. The van der Waals surface area contributed by atoms with E-state index in [9.17, 15) is 4.79 Å². The summed E-state index contributed by atoms with van der Waals surface area (Å²) in [7, 11) is 1.52. The maximum Gasteiger partial charge on any atom is 0.233 e. The summed E-state index contributed by atoms with van der Waals surface area (Å²) in [4.78, 5) is 10.0. The number of hydrogen-bond acceptors (Lipinski definition) is 4. The summed E-state index contributed by atoms with van der Waals surface area (Å²) in [5.74, 6) is 0.458. The smallest absolute Gasteiger partial charge is 0.233 e. The highest BCUT2D eigenvalue weighted by molar-refractivity contribution is 5.53. The summed E-state index contributed by atoms with van der Waals surface area (Å²) < 4.78 is 4.79. The Balaban J connectivity index is 2.74. The molecule has 0 N–H and O–H groups in total. The quantitative estimate of drug-likeness (QED) is 0.581. The van der Waals surface area contributed by atoms with Gasteiger partial charge in [0.15, 0.2) is 0 Å². The minimum absolute atomic E-state index is 0.303. The van der Waals surface area contributed by atoms with Crippen molar-refractivity contribution in [3.63, 3.8) is 0 Å². The van der Waals surface area contributed by atoms with E-state index in [0.29, 0.717) is 18.0 Å². The van der Waals surface area contributed by atoms with E-state index in [0.717, 1.165) is 6.29 Å². The lowest BCUT2D eigenvalue weighted by Gasteiger charge is -1.96. The first-order chi connectivity index (χ1) is 5.36. The van der Waals surface area contributed by atoms with E-state index in [-0.39, 0.29) is 0 Å². The van der Waals surface area contributed by atoms with Crippen molar-refractivity contribution in [1.82, 2.24) is 10.2 Å². The molecule has 4 nitrogen and oxygen atoms in total. The molecule has 0 saturated heterocycles. The number of rotatable bonds is 3. The molecule has 0 saturated carbocycles. The number of methoxy groups -OCH3 is 1. The van der Waals surface area contributed by atoms with Gasteiger partial charge in [0.2, 0.25) is 5.88 Å². The predicted octanol–water partition coefficient (Wildman–Crippen LogP) is 0.227. The summed E-state index contributed by atoms with van der Waals surface area (Å²) in [6.45, 7) is 0. The second-order valence-corrected chi connectivity index (χ2v) is 1.94. The van der Waals surface area contributed by atoms with Crippen LogP contribution in [0.1, 0.15) is 5.69 Å². The second-order valence-electron chi connectivity index (χ2n) is 1.94. The molecule has 0 unspecified atom stereocenters. The van der Waals surface area contributed by atoms with Crippen molar-refractivity contribution < 1.29 is 9.53 Å². The standard InChI is InChI=1S/C7H8N2O2/c1-11-7-3-2-6(4-5-10)8-9-7/h2-3,5H,4H2,1H3. The minimum Gasteiger partial charge on any atom is -0.480 e. The summed E-state index contributed by atoms with van der Waals surface area (Å²) in [6.07, 6.45) is 1.09. The fourth-order valence-electron chi connectivity index (χ4n) is 0.651. The Morgan fingerprint density at radius 2 is 2.36 bits per heavy atom. The lowest BCUT2D eigenvalue weighted by molar-refractivity contribution is -0.107. The number of hydrogen-bond donors (Lipinski definition) is 0. The molecule has 0 bridgehead atoms. The number of carbonyl (C=O) groups excluding carboxylic acids is 1. The maximum absolute atomic E-state index is 10.0. The van der Waals surface area contributed by atoms with Crippen LogP contribution in [-0.2, 0) is 11.2 Å². The molecule has 0 aliphatic carbocycles. The molecule has 0 spiro atoms. The van der Waals surface area contributed by atoms with Crippen molar-refractivity contribution in [3.05, 3.63) is 17.8 Å². The van der Waals surface area contributed by atoms with Crippen molar-refractivity contribution in [3.8, 4) is 5.88 Å². The van der Waals surface area contributed by atoms with Crippen LogP contribution in [0, 0.1) is 0 Å². The SMILES string of the molecule is COc1ccc(CC=O)nn1. The molecule has 0 amide bonds. The number of nitrogens with zero attached hydrogens (tertiary/aromatic N) is 2. The van der Waals surface area contributed by atoms with Crippen LogP contribution in [0.4, 0.5) is 0 Å². The zero-order valence-electron chi connectivity index (χ0n) is 6.15. The third kappa shape index (κ3) is 2.00. The minimum atomic E-state index is 0.303. The van der Waals surface area contributed by atoms with Gasteiger partial charge in [0.05, 0.1) is 12.8 Å². The molecule has 0 radical (unpaired) electrons. The lowest BCUT2D eigenvalue weighted by Crippen LogP contribution is -1.95. The molecular weight excluding hydrogens is 144 g/mol. The third-order valence-electron chi connectivity index (χ3n) is 1.20. The van der Waals surface area contributed by atoms with E-state index < -0.39 is 0 Å². The van der Waals surface area contributed by atoms with Gasteiger partial charge in [-0.3, -0.25) is 0 Å². The Bertz CT molecular complexity index is 233. The molecule has 0 aromatic carbocycles. The Morgan fingerprint density at radius 3 is 2.82 bits per heavy atom. The molecule has 4 heteroatoms. The van der Waals surface area contributed by atoms with Crippen LogP contribution in [0.2, 0.25) is 0 Å². The van der Waals surface area contributed by atoms with Gasteiger partial charge < -0.3 is 9.53 Å². The highest BCUT2D eigenvalue weighted by atomic mass is 16.5. The Labute approximate surface area is 64.2 Å². The van der Waals surface area contributed by atoms with Crippen LogP contribution in [0.3, 0.4) is 0 Å². The normalized spacial score (nSPS) is 9.18. The Kier molecular flexibility index (Phi) is 2.54. The van der Waals surface area contributed by atoms with E-state index in [4.69, 9.17) is 4.74 Å².